The van der Waals surface area contributed by atoms with Crippen molar-refractivity contribution in [3.63, 3.8) is 0 Å². The Hall–Kier alpha value is -1.60. The lowest BCUT2D eigenvalue weighted by atomic mass is 9.51. The summed E-state index contributed by atoms with van der Waals surface area (Å²) in [7, 11) is 0. The zero-order chi connectivity index (χ0) is 21.8. The van der Waals surface area contributed by atoms with Crippen LogP contribution < -0.4 is 10.6 Å². The van der Waals surface area contributed by atoms with Crippen LogP contribution in [0.5, 0.6) is 0 Å². The van der Waals surface area contributed by atoms with Crippen LogP contribution in [0, 0.1) is 25.2 Å². The van der Waals surface area contributed by atoms with Gasteiger partial charge in [0.15, 0.2) is 5.96 Å². The van der Waals surface area contributed by atoms with Gasteiger partial charge in [0.2, 0.25) is 5.89 Å². The van der Waals surface area contributed by atoms with Gasteiger partial charge in [0.05, 0.1) is 18.3 Å². The lowest BCUT2D eigenvalue weighted by molar-refractivity contribution is -0.168. The smallest absolute Gasteiger partial charge is 0.208 e. The average molecular weight is 432 g/mol. The third kappa shape index (κ3) is 4.92. The van der Waals surface area contributed by atoms with Gasteiger partial charge in [-0.15, -0.1) is 0 Å². The van der Waals surface area contributed by atoms with E-state index in [2.05, 4.69) is 34.4 Å². The van der Waals surface area contributed by atoms with Crippen molar-refractivity contribution in [3.05, 3.63) is 17.3 Å². The number of piperidine rings is 1. The number of nitrogens with zero attached hydrogens (tertiary/aromatic N) is 3. The molecule has 2 saturated carbocycles. The molecule has 1 saturated heterocycles. The molecule has 2 N–H and O–H groups in total. The number of ether oxygens (including phenoxy) is 1. The quantitative estimate of drug-likeness (QED) is 0.485. The van der Waals surface area contributed by atoms with Crippen LogP contribution in [0.2, 0.25) is 0 Å². The Kier molecular flexibility index (Phi) is 7.22. The zero-order valence-electron chi connectivity index (χ0n) is 19.9. The van der Waals surface area contributed by atoms with Gasteiger partial charge in [-0.25, -0.2) is 4.98 Å². The largest absolute Gasteiger partial charge is 0.444 e. The van der Waals surface area contributed by atoms with Crippen molar-refractivity contribution in [1.82, 2.24) is 20.5 Å². The number of oxazole rings is 1. The van der Waals surface area contributed by atoms with Gasteiger partial charge < -0.3 is 19.8 Å². The molecule has 2 unspecified atom stereocenters. The van der Waals surface area contributed by atoms with E-state index in [1.165, 1.54) is 32.1 Å². The van der Waals surface area contributed by atoms with Gasteiger partial charge in [-0.1, -0.05) is 6.42 Å². The molecule has 1 aromatic rings. The van der Waals surface area contributed by atoms with Gasteiger partial charge >= 0.3 is 0 Å². The molecule has 0 radical (unpaired) electrons. The van der Waals surface area contributed by atoms with E-state index in [0.29, 0.717) is 23.5 Å². The second-order valence-electron chi connectivity index (χ2n) is 9.65. The summed E-state index contributed by atoms with van der Waals surface area (Å²) in [5.74, 6) is 3.42. The molecule has 1 aromatic heterocycles. The van der Waals surface area contributed by atoms with E-state index in [4.69, 9.17) is 14.1 Å². The number of nitrogens with one attached hydrogen (secondary N) is 2. The molecule has 174 valence electrons. The summed E-state index contributed by atoms with van der Waals surface area (Å²) in [6.07, 6.45) is 7.82. The number of aryl methyl sites for hydroxylation is 2. The number of guanidine groups is 1. The Balaban J connectivity index is 1.25. The number of hydrogen-bond acceptors (Lipinski definition) is 5. The van der Waals surface area contributed by atoms with Crippen molar-refractivity contribution >= 4 is 5.96 Å². The van der Waals surface area contributed by atoms with Gasteiger partial charge in [-0.2, -0.15) is 0 Å². The summed E-state index contributed by atoms with van der Waals surface area (Å²) >= 11 is 0. The van der Waals surface area contributed by atoms with Gasteiger partial charge in [0.25, 0.3) is 0 Å². The molecule has 2 aliphatic carbocycles. The standard InChI is InChI=1S/C24H41N5O2/c1-5-25-23(28-20-14-21(30-6-2)24(20)10-7-11-24)26-15-19-8-12-29(13-9-19)16-22-27-17(3)18(4)31-22/h19-21H,5-16H2,1-4H3,(H2,25,26,28). The summed E-state index contributed by atoms with van der Waals surface area (Å²) in [6.45, 7) is 13.9. The van der Waals surface area contributed by atoms with Crippen molar-refractivity contribution < 1.29 is 9.15 Å². The van der Waals surface area contributed by atoms with Crippen LogP contribution in [0.25, 0.3) is 0 Å². The first-order valence-electron chi connectivity index (χ1n) is 12.4. The third-order valence-corrected chi connectivity index (χ3v) is 7.74. The second-order valence-corrected chi connectivity index (χ2v) is 9.65. The number of aliphatic imine (C=N–C) groups is 1. The van der Waals surface area contributed by atoms with Gasteiger partial charge in [0, 0.05) is 31.2 Å². The van der Waals surface area contributed by atoms with Crippen LogP contribution in [0.15, 0.2) is 9.41 Å². The molecule has 1 aliphatic heterocycles. The minimum Gasteiger partial charge on any atom is -0.444 e. The van der Waals surface area contributed by atoms with Crippen LogP contribution in [0.1, 0.15) is 69.7 Å². The number of rotatable bonds is 8. The first-order valence-corrected chi connectivity index (χ1v) is 12.4. The summed E-state index contributed by atoms with van der Waals surface area (Å²) in [5, 5.41) is 7.22. The first-order chi connectivity index (χ1) is 15.0. The van der Waals surface area contributed by atoms with E-state index in [9.17, 15) is 0 Å². The number of likely N-dealkylation sites (tertiary alicyclic amines) is 1. The Labute approximate surface area is 187 Å². The van der Waals surface area contributed by atoms with E-state index < -0.39 is 0 Å². The van der Waals surface area contributed by atoms with Crippen molar-refractivity contribution in [3.8, 4) is 0 Å². The highest BCUT2D eigenvalue weighted by molar-refractivity contribution is 5.80. The van der Waals surface area contributed by atoms with Gasteiger partial charge in [-0.05, 0) is 78.8 Å². The Morgan fingerprint density at radius 3 is 2.61 bits per heavy atom. The fraction of sp³-hybridized carbons (Fsp3) is 0.833. The SMILES string of the molecule is CCNC(=NCC1CCN(Cc2nc(C)c(C)o2)CC1)NC1CC(OCC)C12CCC2. The van der Waals surface area contributed by atoms with E-state index in [-0.39, 0.29) is 0 Å². The van der Waals surface area contributed by atoms with Crippen LogP contribution >= 0.6 is 0 Å². The summed E-state index contributed by atoms with van der Waals surface area (Å²) in [4.78, 5) is 12.0. The van der Waals surface area contributed by atoms with E-state index in [1.807, 2.05) is 13.8 Å². The summed E-state index contributed by atoms with van der Waals surface area (Å²) in [6, 6.07) is 0.505. The molecular weight excluding hydrogens is 390 g/mol. The van der Waals surface area contributed by atoms with E-state index >= 15 is 0 Å². The van der Waals surface area contributed by atoms with E-state index in [0.717, 1.165) is 69.1 Å². The van der Waals surface area contributed by atoms with Gasteiger partial charge in [0.1, 0.15) is 5.76 Å². The molecule has 0 aromatic carbocycles. The molecule has 0 bridgehead atoms. The number of hydrogen-bond donors (Lipinski definition) is 2. The highest BCUT2D eigenvalue weighted by atomic mass is 16.5. The maximum absolute atomic E-state index is 6.01. The number of aromatic nitrogens is 1. The third-order valence-electron chi connectivity index (χ3n) is 7.74. The van der Waals surface area contributed by atoms with Crippen LogP contribution in [0.3, 0.4) is 0 Å². The molecule has 7 nitrogen and oxygen atoms in total. The first kappa shape index (κ1) is 22.6. The molecule has 3 aliphatic rings. The molecule has 31 heavy (non-hydrogen) atoms. The normalized spacial score (nSPS) is 26.5. The Morgan fingerprint density at radius 2 is 2.03 bits per heavy atom. The molecule has 4 rings (SSSR count). The fourth-order valence-corrected chi connectivity index (χ4v) is 5.47. The summed E-state index contributed by atoms with van der Waals surface area (Å²) in [5.41, 5.74) is 1.36. The predicted molar refractivity (Wildman–Crippen MR) is 123 cm³/mol. The van der Waals surface area contributed by atoms with Crippen molar-refractivity contribution in [1.29, 1.82) is 0 Å². The lowest BCUT2D eigenvalue weighted by Crippen LogP contribution is -2.68. The zero-order valence-corrected chi connectivity index (χ0v) is 19.9. The maximum atomic E-state index is 6.01. The van der Waals surface area contributed by atoms with Crippen LogP contribution in [-0.4, -0.2) is 60.8 Å². The molecule has 2 atom stereocenters. The molecule has 2 heterocycles. The molecule has 1 spiro atoms. The average Bonchev–Trinajstić information content (AvgIpc) is 3.02. The fourth-order valence-electron chi connectivity index (χ4n) is 5.47. The van der Waals surface area contributed by atoms with E-state index in [1.54, 1.807) is 0 Å². The topological polar surface area (TPSA) is 74.9 Å². The van der Waals surface area contributed by atoms with Gasteiger partial charge in [-0.3, -0.25) is 9.89 Å². The minimum atomic E-state index is 0.355. The Bertz CT molecular complexity index is 730. The predicted octanol–water partition coefficient (Wildman–Crippen LogP) is 3.41. The maximum Gasteiger partial charge on any atom is 0.208 e. The lowest BCUT2D eigenvalue weighted by Gasteiger charge is -2.61. The monoisotopic (exact) mass is 431 g/mol. The highest BCUT2D eigenvalue weighted by Gasteiger charge is 2.59. The van der Waals surface area contributed by atoms with Crippen molar-refractivity contribution in [2.45, 2.75) is 84.9 Å². The molecular formula is C24H41N5O2. The molecule has 3 fully saturated rings. The van der Waals surface area contributed by atoms with Crippen molar-refractivity contribution in [2.75, 3.05) is 32.8 Å². The van der Waals surface area contributed by atoms with Crippen LogP contribution in [0.4, 0.5) is 0 Å². The Morgan fingerprint density at radius 1 is 1.26 bits per heavy atom. The highest BCUT2D eigenvalue weighted by Crippen LogP contribution is 2.57. The second kappa shape index (κ2) is 9.90. The van der Waals surface area contributed by atoms with Crippen molar-refractivity contribution in [2.24, 2.45) is 16.3 Å². The summed E-state index contributed by atoms with van der Waals surface area (Å²) < 4.78 is 11.8. The van der Waals surface area contributed by atoms with Crippen LogP contribution in [-0.2, 0) is 11.3 Å². The minimum absolute atomic E-state index is 0.355. The molecule has 7 heteroatoms. The molecule has 0 amide bonds.